The second-order valence-corrected chi connectivity index (χ2v) is 4.22. The standard InChI is InChI=1S/C13H17NO5/c1-3-13(4-2,12(18)19)14-11(17)10-8(15)6-5-7-9(10)16/h5-7,15-16H,3-4H2,1-2H3,(H,14,17)(H,18,19). The smallest absolute Gasteiger partial charge is 0.329 e. The molecular formula is C13H17NO5. The van der Waals surface area contributed by atoms with Gasteiger partial charge in [-0.05, 0) is 25.0 Å². The Balaban J connectivity index is 3.11. The van der Waals surface area contributed by atoms with Crippen LogP contribution < -0.4 is 5.32 Å². The van der Waals surface area contributed by atoms with Gasteiger partial charge in [-0.2, -0.15) is 0 Å². The lowest BCUT2D eigenvalue weighted by Crippen LogP contribution is -2.53. The number of amides is 1. The Morgan fingerprint density at radius 1 is 1.16 bits per heavy atom. The molecule has 0 radical (unpaired) electrons. The van der Waals surface area contributed by atoms with Gasteiger partial charge in [0.05, 0.1) is 0 Å². The molecule has 1 amide bonds. The third-order valence-electron chi connectivity index (χ3n) is 3.22. The van der Waals surface area contributed by atoms with E-state index in [9.17, 15) is 24.9 Å². The Morgan fingerprint density at radius 2 is 1.63 bits per heavy atom. The minimum atomic E-state index is -1.41. The number of carbonyl (C=O) groups excluding carboxylic acids is 1. The van der Waals surface area contributed by atoms with Gasteiger partial charge in [0.1, 0.15) is 22.6 Å². The highest BCUT2D eigenvalue weighted by Gasteiger charge is 2.37. The quantitative estimate of drug-likeness (QED) is 0.646. The summed E-state index contributed by atoms with van der Waals surface area (Å²) in [6.45, 7) is 3.28. The zero-order valence-electron chi connectivity index (χ0n) is 10.8. The van der Waals surface area contributed by atoms with Gasteiger partial charge in [0.15, 0.2) is 0 Å². The first-order valence-electron chi connectivity index (χ1n) is 5.94. The predicted octanol–water partition coefficient (Wildman–Crippen LogP) is 1.47. The van der Waals surface area contributed by atoms with Crippen molar-refractivity contribution in [3.8, 4) is 11.5 Å². The molecule has 4 N–H and O–H groups in total. The molecule has 0 saturated carbocycles. The second-order valence-electron chi connectivity index (χ2n) is 4.22. The molecule has 1 rings (SSSR count). The van der Waals surface area contributed by atoms with Crippen molar-refractivity contribution in [2.75, 3.05) is 0 Å². The fourth-order valence-electron chi connectivity index (χ4n) is 1.82. The van der Waals surface area contributed by atoms with Crippen LogP contribution in [-0.2, 0) is 4.79 Å². The molecule has 19 heavy (non-hydrogen) atoms. The number of hydrogen-bond acceptors (Lipinski definition) is 4. The van der Waals surface area contributed by atoms with Gasteiger partial charge in [0.2, 0.25) is 0 Å². The lowest BCUT2D eigenvalue weighted by Gasteiger charge is -2.28. The fourth-order valence-corrected chi connectivity index (χ4v) is 1.82. The molecule has 0 bridgehead atoms. The van der Waals surface area contributed by atoms with Crippen LogP contribution in [0.1, 0.15) is 37.0 Å². The van der Waals surface area contributed by atoms with E-state index in [2.05, 4.69) is 5.32 Å². The molecule has 0 aliphatic carbocycles. The van der Waals surface area contributed by atoms with Crippen molar-refractivity contribution in [3.05, 3.63) is 23.8 Å². The Kier molecular flexibility index (Phi) is 4.37. The maximum absolute atomic E-state index is 12.0. The summed E-state index contributed by atoms with van der Waals surface area (Å²) < 4.78 is 0. The summed E-state index contributed by atoms with van der Waals surface area (Å²) in [4.78, 5) is 23.3. The van der Waals surface area contributed by atoms with E-state index < -0.39 is 28.9 Å². The molecule has 0 unspecified atom stereocenters. The number of carbonyl (C=O) groups is 2. The van der Waals surface area contributed by atoms with Crippen molar-refractivity contribution in [2.45, 2.75) is 32.2 Å². The Morgan fingerprint density at radius 3 is 2.00 bits per heavy atom. The van der Waals surface area contributed by atoms with Crippen LogP contribution in [0.4, 0.5) is 0 Å². The molecule has 104 valence electrons. The molecule has 0 atom stereocenters. The largest absolute Gasteiger partial charge is 0.507 e. The predicted molar refractivity (Wildman–Crippen MR) is 68.2 cm³/mol. The number of rotatable bonds is 5. The van der Waals surface area contributed by atoms with Crippen LogP contribution in [0.5, 0.6) is 11.5 Å². The number of nitrogens with one attached hydrogen (secondary N) is 1. The molecule has 0 spiro atoms. The molecule has 1 aromatic carbocycles. The van der Waals surface area contributed by atoms with E-state index in [1.807, 2.05) is 0 Å². The zero-order chi connectivity index (χ0) is 14.6. The third kappa shape index (κ3) is 2.78. The van der Waals surface area contributed by atoms with E-state index in [1.165, 1.54) is 18.2 Å². The number of phenolic OH excluding ortho intramolecular Hbond substituents is 2. The molecule has 0 aliphatic rings. The SMILES string of the molecule is CCC(CC)(NC(=O)c1c(O)cccc1O)C(=O)O. The maximum Gasteiger partial charge on any atom is 0.329 e. The van der Waals surface area contributed by atoms with Crippen LogP contribution in [0, 0.1) is 0 Å². The van der Waals surface area contributed by atoms with Gasteiger partial charge < -0.3 is 20.6 Å². The highest BCUT2D eigenvalue weighted by Crippen LogP contribution is 2.27. The van der Waals surface area contributed by atoms with Crippen LogP contribution in [0.25, 0.3) is 0 Å². The summed E-state index contributed by atoms with van der Waals surface area (Å²) in [6.07, 6.45) is 0.387. The number of phenols is 2. The van der Waals surface area contributed by atoms with Crippen molar-refractivity contribution in [1.29, 1.82) is 0 Å². The lowest BCUT2D eigenvalue weighted by atomic mass is 9.92. The van der Waals surface area contributed by atoms with Crippen LogP contribution in [0.2, 0.25) is 0 Å². The average Bonchev–Trinajstić information content (AvgIpc) is 2.35. The summed E-state index contributed by atoms with van der Waals surface area (Å²) in [7, 11) is 0. The van der Waals surface area contributed by atoms with Gasteiger partial charge in [0.25, 0.3) is 5.91 Å². The maximum atomic E-state index is 12.0. The Hall–Kier alpha value is -2.24. The number of carboxylic acid groups (broad SMARTS) is 1. The van der Waals surface area contributed by atoms with E-state index in [-0.39, 0.29) is 18.4 Å². The number of carboxylic acids is 1. The first-order chi connectivity index (χ1) is 8.88. The van der Waals surface area contributed by atoms with Gasteiger partial charge in [-0.1, -0.05) is 19.9 Å². The monoisotopic (exact) mass is 267 g/mol. The average molecular weight is 267 g/mol. The van der Waals surface area contributed by atoms with Crippen molar-refractivity contribution in [1.82, 2.24) is 5.32 Å². The van der Waals surface area contributed by atoms with Crippen molar-refractivity contribution in [2.24, 2.45) is 0 Å². The number of benzene rings is 1. The first-order valence-corrected chi connectivity index (χ1v) is 5.94. The normalized spacial score (nSPS) is 11.1. The van der Waals surface area contributed by atoms with Gasteiger partial charge >= 0.3 is 5.97 Å². The summed E-state index contributed by atoms with van der Waals surface area (Å²) in [5.41, 5.74) is -1.73. The molecule has 0 saturated heterocycles. The molecule has 6 nitrogen and oxygen atoms in total. The minimum Gasteiger partial charge on any atom is -0.507 e. The molecule has 6 heteroatoms. The van der Waals surface area contributed by atoms with E-state index in [0.717, 1.165) is 0 Å². The van der Waals surface area contributed by atoms with Crippen LogP contribution >= 0.6 is 0 Å². The van der Waals surface area contributed by atoms with Crippen molar-refractivity contribution >= 4 is 11.9 Å². The first kappa shape index (κ1) is 14.8. The highest BCUT2D eigenvalue weighted by atomic mass is 16.4. The van der Waals surface area contributed by atoms with Gasteiger partial charge in [0, 0.05) is 0 Å². The van der Waals surface area contributed by atoms with Crippen molar-refractivity contribution in [3.63, 3.8) is 0 Å². The topological polar surface area (TPSA) is 107 Å². The Bertz CT molecular complexity index is 474. The summed E-state index contributed by atoms with van der Waals surface area (Å²) >= 11 is 0. The van der Waals surface area contributed by atoms with E-state index in [4.69, 9.17) is 0 Å². The van der Waals surface area contributed by atoms with Crippen LogP contribution in [0.15, 0.2) is 18.2 Å². The lowest BCUT2D eigenvalue weighted by molar-refractivity contribution is -0.144. The molecule has 0 heterocycles. The number of aromatic hydroxyl groups is 2. The minimum absolute atomic E-state index is 0.193. The van der Waals surface area contributed by atoms with Gasteiger partial charge in [-0.3, -0.25) is 4.79 Å². The van der Waals surface area contributed by atoms with Crippen LogP contribution in [0.3, 0.4) is 0 Å². The van der Waals surface area contributed by atoms with Crippen molar-refractivity contribution < 1.29 is 24.9 Å². The second kappa shape index (κ2) is 5.60. The third-order valence-corrected chi connectivity index (χ3v) is 3.22. The zero-order valence-corrected chi connectivity index (χ0v) is 10.8. The summed E-state index contributed by atoms with van der Waals surface area (Å²) in [6, 6.07) is 3.87. The number of aliphatic carboxylic acids is 1. The highest BCUT2D eigenvalue weighted by molar-refractivity contribution is 6.02. The van der Waals surface area contributed by atoms with Gasteiger partial charge in [-0.15, -0.1) is 0 Å². The van der Waals surface area contributed by atoms with E-state index in [1.54, 1.807) is 13.8 Å². The van der Waals surface area contributed by atoms with Gasteiger partial charge in [-0.25, -0.2) is 4.79 Å². The Labute approximate surface area is 110 Å². The molecule has 0 aliphatic heterocycles. The fraction of sp³-hybridized carbons (Fsp3) is 0.385. The summed E-state index contributed by atoms with van der Waals surface area (Å²) in [5.74, 6) is -2.77. The molecule has 0 aromatic heterocycles. The molecule has 1 aromatic rings. The number of hydrogen-bond donors (Lipinski definition) is 4. The molecule has 0 fully saturated rings. The molecular weight excluding hydrogens is 250 g/mol. The van der Waals surface area contributed by atoms with E-state index in [0.29, 0.717) is 0 Å². The van der Waals surface area contributed by atoms with E-state index >= 15 is 0 Å². The summed E-state index contributed by atoms with van der Waals surface area (Å²) in [5, 5.41) is 30.7. The van der Waals surface area contributed by atoms with Crippen LogP contribution in [-0.4, -0.2) is 32.7 Å².